The standard InChI is InChI=1S/C10H20N2O/c1-5-7-6-13-9(12-7)8(11)10(2,3)4/h7-8H,5-6,11H2,1-4H3/t7-,8-/m1/s1. The Hall–Kier alpha value is -0.570. The van der Waals surface area contributed by atoms with E-state index in [2.05, 4.69) is 32.7 Å². The van der Waals surface area contributed by atoms with Gasteiger partial charge in [0.15, 0.2) is 0 Å². The second kappa shape index (κ2) is 3.66. The average Bonchev–Trinajstić information content (AvgIpc) is 2.48. The Balaban J connectivity index is 2.64. The summed E-state index contributed by atoms with van der Waals surface area (Å²) in [6.45, 7) is 9.12. The molecule has 2 atom stereocenters. The van der Waals surface area contributed by atoms with E-state index in [1.807, 2.05) is 0 Å². The number of hydrogen-bond acceptors (Lipinski definition) is 3. The Morgan fingerprint density at radius 3 is 2.62 bits per heavy atom. The fourth-order valence-electron chi connectivity index (χ4n) is 1.19. The van der Waals surface area contributed by atoms with Crippen molar-refractivity contribution in [2.24, 2.45) is 16.1 Å². The van der Waals surface area contributed by atoms with Gasteiger partial charge in [-0.3, -0.25) is 0 Å². The van der Waals surface area contributed by atoms with E-state index in [1.54, 1.807) is 0 Å². The summed E-state index contributed by atoms with van der Waals surface area (Å²) in [5, 5.41) is 0. The van der Waals surface area contributed by atoms with E-state index in [0.717, 1.165) is 12.3 Å². The van der Waals surface area contributed by atoms with Gasteiger partial charge in [0.25, 0.3) is 0 Å². The van der Waals surface area contributed by atoms with Gasteiger partial charge in [0.2, 0.25) is 5.90 Å². The predicted molar refractivity (Wildman–Crippen MR) is 54.9 cm³/mol. The van der Waals surface area contributed by atoms with Crippen LogP contribution in [0.25, 0.3) is 0 Å². The quantitative estimate of drug-likeness (QED) is 0.708. The molecule has 3 nitrogen and oxygen atoms in total. The maximum absolute atomic E-state index is 6.02. The van der Waals surface area contributed by atoms with Gasteiger partial charge >= 0.3 is 0 Å². The van der Waals surface area contributed by atoms with Gasteiger partial charge in [-0.2, -0.15) is 0 Å². The molecular formula is C10H20N2O. The molecular weight excluding hydrogens is 164 g/mol. The summed E-state index contributed by atoms with van der Waals surface area (Å²) in [6.07, 6.45) is 1.03. The summed E-state index contributed by atoms with van der Waals surface area (Å²) >= 11 is 0. The lowest BCUT2D eigenvalue weighted by atomic mass is 9.87. The lowest BCUT2D eigenvalue weighted by Crippen LogP contribution is -2.42. The summed E-state index contributed by atoms with van der Waals surface area (Å²) in [5.74, 6) is 0.736. The molecule has 0 amide bonds. The molecule has 2 N–H and O–H groups in total. The minimum Gasteiger partial charge on any atom is -0.478 e. The predicted octanol–water partition coefficient (Wildman–Crippen LogP) is 1.57. The van der Waals surface area contributed by atoms with Gasteiger partial charge in [0.05, 0.1) is 12.1 Å². The van der Waals surface area contributed by atoms with Crippen molar-refractivity contribution < 1.29 is 4.74 Å². The van der Waals surface area contributed by atoms with Crippen molar-refractivity contribution in [1.82, 2.24) is 0 Å². The largest absolute Gasteiger partial charge is 0.478 e. The molecule has 1 heterocycles. The first-order chi connectivity index (χ1) is 5.95. The van der Waals surface area contributed by atoms with Crippen molar-refractivity contribution in [1.29, 1.82) is 0 Å². The Morgan fingerprint density at radius 1 is 1.62 bits per heavy atom. The molecule has 1 aliphatic heterocycles. The van der Waals surface area contributed by atoms with Gasteiger partial charge in [0, 0.05) is 0 Å². The van der Waals surface area contributed by atoms with Crippen molar-refractivity contribution in [2.45, 2.75) is 46.2 Å². The number of nitrogens with two attached hydrogens (primary N) is 1. The van der Waals surface area contributed by atoms with E-state index in [1.165, 1.54) is 0 Å². The monoisotopic (exact) mass is 184 g/mol. The van der Waals surface area contributed by atoms with Crippen LogP contribution < -0.4 is 5.73 Å². The molecule has 0 saturated heterocycles. The highest BCUT2D eigenvalue weighted by atomic mass is 16.5. The van der Waals surface area contributed by atoms with Gasteiger partial charge in [-0.1, -0.05) is 27.7 Å². The Kier molecular flexibility index (Phi) is 2.96. The van der Waals surface area contributed by atoms with Crippen LogP contribution >= 0.6 is 0 Å². The summed E-state index contributed by atoms with van der Waals surface area (Å²) < 4.78 is 5.47. The van der Waals surface area contributed by atoms with E-state index < -0.39 is 0 Å². The summed E-state index contributed by atoms with van der Waals surface area (Å²) in [4.78, 5) is 4.44. The first kappa shape index (κ1) is 10.5. The van der Waals surface area contributed by atoms with Gasteiger partial charge in [-0.05, 0) is 11.8 Å². The van der Waals surface area contributed by atoms with E-state index in [4.69, 9.17) is 10.5 Å². The van der Waals surface area contributed by atoms with Crippen LogP contribution in [0.2, 0.25) is 0 Å². The minimum absolute atomic E-state index is 0.0292. The topological polar surface area (TPSA) is 47.6 Å². The summed E-state index contributed by atoms with van der Waals surface area (Å²) in [7, 11) is 0. The first-order valence-corrected chi connectivity index (χ1v) is 4.91. The lowest BCUT2D eigenvalue weighted by Gasteiger charge is -2.25. The highest BCUT2D eigenvalue weighted by Crippen LogP contribution is 2.22. The molecule has 0 unspecified atom stereocenters. The van der Waals surface area contributed by atoms with Crippen LogP contribution in [0, 0.1) is 5.41 Å². The molecule has 0 bridgehead atoms. The number of ether oxygens (including phenoxy) is 1. The van der Waals surface area contributed by atoms with Crippen LogP contribution in [0.15, 0.2) is 4.99 Å². The van der Waals surface area contributed by atoms with E-state index in [0.29, 0.717) is 12.6 Å². The third kappa shape index (κ3) is 2.44. The third-order valence-electron chi connectivity index (χ3n) is 2.40. The van der Waals surface area contributed by atoms with Crippen LogP contribution in [-0.2, 0) is 4.74 Å². The molecule has 0 aromatic carbocycles. The van der Waals surface area contributed by atoms with E-state index >= 15 is 0 Å². The van der Waals surface area contributed by atoms with Crippen molar-refractivity contribution in [3.8, 4) is 0 Å². The molecule has 0 aliphatic carbocycles. The Bertz CT molecular complexity index is 205. The van der Waals surface area contributed by atoms with E-state index in [-0.39, 0.29) is 11.5 Å². The molecule has 3 heteroatoms. The lowest BCUT2D eigenvalue weighted by molar-refractivity contribution is 0.274. The van der Waals surface area contributed by atoms with Crippen molar-refractivity contribution in [2.75, 3.05) is 6.61 Å². The molecule has 1 rings (SSSR count). The number of aliphatic imine (C=N–C) groups is 1. The van der Waals surface area contributed by atoms with Gasteiger partial charge in [-0.25, -0.2) is 4.99 Å². The smallest absolute Gasteiger partial charge is 0.201 e. The number of rotatable bonds is 2. The number of nitrogens with zero attached hydrogens (tertiary/aromatic N) is 1. The Morgan fingerprint density at radius 2 is 2.23 bits per heavy atom. The summed E-state index contributed by atoms with van der Waals surface area (Å²) in [5.41, 5.74) is 6.05. The maximum Gasteiger partial charge on any atom is 0.201 e. The fourth-order valence-corrected chi connectivity index (χ4v) is 1.19. The maximum atomic E-state index is 6.02. The highest BCUT2D eigenvalue weighted by molar-refractivity contribution is 5.83. The molecule has 13 heavy (non-hydrogen) atoms. The average molecular weight is 184 g/mol. The zero-order valence-electron chi connectivity index (χ0n) is 9.00. The normalized spacial score (nSPS) is 25.3. The minimum atomic E-state index is -0.0796. The SMILES string of the molecule is CC[C@@H]1COC([C@@H](N)C(C)(C)C)=N1. The molecule has 76 valence electrons. The van der Waals surface area contributed by atoms with Crippen LogP contribution in [0.4, 0.5) is 0 Å². The van der Waals surface area contributed by atoms with Crippen LogP contribution in [-0.4, -0.2) is 24.6 Å². The van der Waals surface area contributed by atoms with Crippen molar-refractivity contribution in [3.05, 3.63) is 0 Å². The van der Waals surface area contributed by atoms with Crippen molar-refractivity contribution in [3.63, 3.8) is 0 Å². The fraction of sp³-hybridized carbons (Fsp3) is 0.900. The molecule has 0 radical (unpaired) electrons. The second-order valence-corrected chi connectivity index (χ2v) is 4.68. The first-order valence-electron chi connectivity index (χ1n) is 4.91. The highest BCUT2D eigenvalue weighted by Gasteiger charge is 2.30. The van der Waals surface area contributed by atoms with Crippen LogP contribution in [0.5, 0.6) is 0 Å². The molecule has 0 saturated carbocycles. The third-order valence-corrected chi connectivity index (χ3v) is 2.40. The Labute approximate surface area is 80.4 Å². The van der Waals surface area contributed by atoms with Gasteiger partial charge in [0.1, 0.15) is 6.61 Å². The molecule has 0 aromatic rings. The van der Waals surface area contributed by atoms with Crippen LogP contribution in [0.3, 0.4) is 0 Å². The zero-order valence-corrected chi connectivity index (χ0v) is 9.00. The second-order valence-electron chi connectivity index (χ2n) is 4.68. The molecule has 0 fully saturated rings. The molecule has 1 aliphatic rings. The number of hydrogen-bond donors (Lipinski definition) is 1. The molecule has 0 aromatic heterocycles. The molecule has 0 spiro atoms. The van der Waals surface area contributed by atoms with E-state index in [9.17, 15) is 0 Å². The van der Waals surface area contributed by atoms with Gasteiger partial charge < -0.3 is 10.5 Å². The van der Waals surface area contributed by atoms with Crippen molar-refractivity contribution >= 4 is 5.90 Å². The van der Waals surface area contributed by atoms with Crippen LogP contribution in [0.1, 0.15) is 34.1 Å². The zero-order chi connectivity index (χ0) is 10.1. The van der Waals surface area contributed by atoms with Gasteiger partial charge in [-0.15, -0.1) is 0 Å². The summed E-state index contributed by atoms with van der Waals surface area (Å²) in [6, 6.07) is 0.243.